The molecule has 4 heteroatoms. The van der Waals surface area contributed by atoms with Crippen molar-refractivity contribution in [2.24, 2.45) is 0 Å². The molecule has 0 aromatic carbocycles. The van der Waals surface area contributed by atoms with E-state index in [9.17, 15) is 9.59 Å². The van der Waals surface area contributed by atoms with Gasteiger partial charge in [0, 0.05) is 12.1 Å². The van der Waals surface area contributed by atoms with Crippen molar-refractivity contribution in [3.05, 3.63) is 11.6 Å². The number of esters is 1. The Balaban J connectivity index is 4.04. The molecule has 0 bridgehead atoms. The van der Waals surface area contributed by atoms with Gasteiger partial charge in [-0.2, -0.15) is 0 Å². The zero-order valence-electron chi connectivity index (χ0n) is 10.5. The molecule has 1 amide bonds. The molecule has 0 saturated heterocycles. The van der Waals surface area contributed by atoms with E-state index in [-0.39, 0.29) is 24.3 Å². The van der Waals surface area contributed by atoms with Crippen molar-refractivity contribution in [3.63, 3.8) is 0 Å². The highest BCUT2D eigenvalue weighted by Crippen LogP contribution is 2.02. The van der Waals surface area contributed by atoms with Gasteiger partial charge in [0.25, 0.3) is 0 Å². The zero-order valence-corrected chi connectivity index (χ0v) is 10.5. The fourth-order valence-electron chi connectivity index (χ4n) is 1.36. The van der Waals surface area contributed by atoms with Gasteiger partial charge in [0.2, 0.25) is 5.91 Å². The third-order valence-electron chi connectivity index (χ3n) is 2.11. The molecule has 0 aliphatic rings. The van der Waals surface area contributed by atoms with Crippen molar-refractivity contribution in [1.82, 2.24) is 5.32 Å². The van der Waals surface area contributed by atoms with Crippen LogP contribution in [0.4, 0.5) is 0 Å². The fraction of sp³-hybridized carbons (Fsp3) is 0.667. The lowest BCUT2D eigenvalue weighted by molar-refractivity contribution is -0.141. The van der Waals surface area contributed by atoms with Crippen LogP contribution in [0.15, 0.2) is 11.6 Å². The SMILES string of the molecule is CCC/C(C)=C/C(=O)NC(C)CC(=O)OC. The number of methoxy groups -OCH3 is 1. The molecule has 92 valence electrons. The van der Waals surface area contributed by atoms with Gasteiger partial charge in [0.1, 0.15) is 0 Å². The molecule has 0 saturated carbocycles. The first-order chi connectivity index (χ1) is 7.49. The number of allylic oxidation sites excluding steroid dienone is 1. The van der Waals surface area contributed by atoms with E-state index in [1.165, 1.54) is 7.11 Å². The third kappa shape index (κ3) is 7.04. The normalized spacial score (nSPS) is 13.1. The molecule has 0 aliphatic heterocycles. The van der Waals surface area contributed by atoms with E-state index in [4.69, 9.17) is 0 Å². The maximum Gasteiger partial charge on any atom is 0.307 e. The minimum atomic E-state index is -0.318. The van der Waals surface area contributed by atoms with Crippen molar-refractivity contribution >= 4 is 11.9 Å². The van der Waals surface area contributed by atoms with E-state index in [1.807, 2.05) is 6.92 Å². The Labute approximate surface area is 97.1 Å². The zero-order chi connectivity index (χ0) is 12.6. The average molecular weight is 227 g/mol. The van der Waals surface area contributed by atoms with Crippen molar-refractivity contribution in [2.75, 3.05) is 7.11 Å². The van der Waals surface area contributed by atoms with E-state index < -0.39 is 0 Å². The highest BCUT2D eigenvalue weighted by atomic mass is 16.5. The van der Waals surface area contributed by atoms with Crippen LogP contribution in [0.25, 0.3) is 0 Å². The molecule has 16 heavy (non-hydrogen) atoms. The summed E-state index contributed by atoms with van der Waals surface area (Å²) < 4.78 is 4.52. The molecule has 1 N–H and O–H groups in total. The number of nitrogens with one attached hydrogen (secondary N) is 1. The van der Waals surface area contributed by atoms with Gasteiger partial charge >= 0.3 is 5.97 Å². The maximum absolute atomic E-state index is 11.5. The van der Waals surface area contributed by atoms with E-state index in [0.717, 1.165) is 18.4 Å². The summed E-state index contributed by atoms with van der Waals surface area (Å²) in [4.78, 5) is 22.4. The Morgan fingerprint density at radius 2 is 2.06 bits per heavy atom. The van der Waals surface area contributed by atoms with Gasteiger partial charge in [-0.1, -0.05) is 18.9 Å². The number of carbonyl (C=O) groups is 2. The second kappa shape index (κ2) is 7.91. The van der Waals surface area contributed by atoms with Crippen LogP contribution < -0.4 is 5.32 Å². The lowest BCUT2D eigenvalue weighted by Crippen LogP contribution is -2.33. The third-order valence-corrected chi connectivity index (χ3v) is 2.11. The van der Waals surface area contributed by atoms with Crippen molar-refractivity contribution in [1.29, 1.82) is 0 Å². The molecule has 4 nitrogen and oxygen atoms in total. The summed E-state index contributed by atoms with van der Waals surface area (Å²) in [6.07, 6.45) is 3.71. The molecule has 0 aromatic rings. The Hall–Kier alpha value is -1.32. The van der Waals surface area contributed by atoms with E-state index >= 15 is 0 Å². The largest absolute Gasteiger partial charge is 0.469 e. The fourth-order valence-corrected chi connectivity index (χ4v) is 1.36. The van der Waals surface area contributed by atoms with E-state index in [2.05, 4.69) is 17.0 Å². The van der Waals surface area contributed by atoms with Gasteiger partial charge in [-0.25, -0.2) is 0 Å². The van der Waals surface area contributed by atoms with Gasteiger partial charge in [-0.15, -0.1) is 0 Å². The first-order valence-corrected chi connectivity index (χ1v) is 5.54. The van der Waals surface area contributed by atoms with Crippen molar-refractivity contribution < 1.29 is 14.3 Å². The molecule has 0 aliphatic carbocycles. The molecule has 0 rings (SSSR count). The van der Waals surface area contributed by atoms with Crippen LogP contribution in [0.1, 0.15) is 40.0 Å². The number of rotatable bonds is 6. The molecular weight excluding hydrogens is 206 g/mol. The van der Waals surface area contributed by atoms with Crippen LogP contribution >= 0.6 is 0 Å². The number of amides is 1. The molecule has 0 fully saturated rings. The average Bonchev–Trinajstić information content (AvgIpc) is 2.16. The van der Waals surface area contributed by atoms with E-state index in [1.54, 1.807) is 13.0 Å². The summed E-state index contributed by atoms with van der Waals surface area (Å²) in [5.41, 5.74) is 1.05. The minimum absolute atomic E-state index is 0.151. The quantitative estimate of drug-likeness (QED) is 0.556. The lowest BCUT2D eigenvalue weighted by atomic mass is 10.1. The van der Waals surface area contributed by atoms with Crippen molar-refractivity contribution in [2.45, 2.75) is 46.1 Å². The van der Waals surface area contributed by atoms with E-state index in [0.29, 0.717) is 0 Å². The molecular formula is C12H21NO3. The molecule has 0 radical (unpaired) electrons. The van der Waals surface area contributed by atoms with Crippen LogP contribution in [-0.4, -0.2) is 25.0 Å². The Morgan fingerprint density at radius 3 is 2.56 bits per heavy atom. The van der Waals surface area contributed by atoms with Crippen LogP contribution in [-0.2, 0) is 14.3 Å². The highest BCUT2D eigenvalue weighted by Gasteiger charge is 2.10. The lowest BCUT2D eigenvalue weighted by Gasteiger charge is -2.11. The summed E-state index contributed by atoms with van der Waals surface area (Å²) in [6, 6.07) is -0.203. The van der Waals surface area contributed by atoms with Gasteiger partial charge in [-0.3, -0.25) is 9.59 Å². The smallest absolute Gasteiger partial charge is 0.307 e. The monoisotopic (exact) mass is 227 g/mol. The van der Waals surface area contributed by atoms with Crippen LogP contribution in [0, 0.1) is 0 Å². The summed E-state index contributed by atoms with van der Waals surface area (Å²) in [7, 11) is 1.34. The number of ether oxygens (including phenoxy) is 1. The Bertz CT molecular complexity index is 271. The first-order valence-electron chi connectivity index (χ1n) is 5.54. The predicted octanol–water partition coefficient (Wildman–Crippen LogP) is 1.80. The molecule has 1 unspecified atom stereocenters. The standard InChI is InChI=1S/C12H21NO3/c1-5-6-9(2)7-11(14)13-10(3)8-12(15)16-4/h7,10H,5-6,8H2,1-4H3,(H,13,14)/b9-7+. The molecule has 0 aromatic heterocycles. The highest BCUT2D eigenvalue weighted by molar-refractivity contribution is 5.88. The van der Waals surface area contributed by atoms with Gasteiger partial charge in [0.05, 0.1) is 13.5 Å². The van der Waals surface area contributed by atoms with Gasteiger partial charge in [-0.05, 0) is 20.3 Å². The molecule has 1 atom stereocenters. The summed E-state index contributed by atoms with van der Waals surface area (Å²) in [6.45, 7) is 5.76. The second-order valence-corrected chi connectivity index (χ2v) is 3.93. The van der Waals surface area contributed by atoms with Gasteiger partial charge < -0.3 is 10.1 Å². The predicted molar refractivity (Wildman–Crippen MR) is 62.9 cm³/mol. The minimum Gasteiger partial charge on any atom is -0.469 e. The Morgan fingerprint density at radius 1 is 1.44 bits per heavy atom. The number of hydrogen-bond donors (Lipinski definition) is 1. The van der Waals surface area contributed by atoms with Gasteiger partial charge in [0.15, 0.2) is 0 Å². The topological polar surface area (TPSA) is 55.4 Å². The first kappa shape index (κ1) is 14.7. The molecule has 0 spiro atoms. The number of hydrogen-bond acceptors (Lipinski definition) is 3. The second-order valence-electron chi connectivity index (χ2n) is 3.93. The number of carbonyl (C=O) groups excluding carboxylic acids is 2. The van der Waals surface area contributed by atoms with Crippen LogP contribution in [0.3, 0.4) is 0 Å². The van der Waals surface area contributed by atoms with Crippen LogP contribution in [0.5, 0.6) is 0 Å². The molecule has 0 heterocycles. The summed E-state index contributed by atoms with van der Waals surface area (Å²) in [5, 5.41) is 2.72. The van der Waals surface area contributed by atoms with Crippen molar-refractivity contribution in [3.8, 4) is 0 Å². The summed E-state index contributed by atoms with van der Waals surface area (Å²) in [5.74, 6) is -0.468. The summed E-state index contributed by atoms with van der Waals surface area (Å²) >= 11 is 0. The maximum atomic E-state index is 11.5. The van der Waals surface area contributed by atoms with Crippen LogP contribution in [0.2, 0.25) is 0 Å². The Kier molecular flexibility index (Phi) is 7.25.